The minimum absolute atomic E-state index is 0.0881. The highest BCUT2D eigenvalue weighted by Gasteiger charge is 2.32. The standard InChI is InChI=1S/C14H15NO3S/c16-13(12-2-1-7-19-12)15-6-5-9-8-10(14(17)18)3-4-11(9)15/h3-4,8,12H,1-2,5-7H2,(H,17,18). The Morgan fingerprint density at radius 3 is 2.89 bits per heavy atom. The predicted octanol–water partition coefficient (Wildman–Crippen LogP) is 2.17. The number of carbonyl (C=O) groups excluding carboxylic acids is 1. The lowest BCUT2D eigenvalue weighted by Gasteiger charge is -2.20. The van der Waals surface area contributed by atoms with Gasteiger partial charge in [0, 0.05) is 12.2 Å². The number of aromatic carboxylic acids is 1. The van der Waals surface area contributed by atoms with Crippen molar-refractivity contribution in [3.8, 4) is 0 Å². The van der Waals surface area contributed by atoms with Gasteiger partial charge in [0.25, 0.3) is 0 Å². The van der Waals surface area contributed by atoms with Crippen LogP contribution in [0.5, 0.6) is 0 Å². The van der Waals surface area contributed by atoms with Crippen molar-refractivity contribution in [1.82, 2.24) is 0 Å². The van der Waals surface area contributed by atoms with Crippen LogP contribution < -0.4 is 4.90 Å². The fourth-order valence-corrected chi connectivity index (χ4v) is 3.93. The third-order valence-corrected chi connectivity index (χ3v) is 5.06. The monoisotopic (exact) mass is 277 g/mol. The first-order valence-corrected chi connectivity index (χ1v) is 7.51. The van der Waals surface area contributed by atoms with Gasteiger partial charge in [0.15, 0.2) is 0 Å². The van der Waals surface area contributed by atoms with Crippen LogP contribution in [0.25, 0.3) is 0 Å². The number of carboxylic acids is 1. The Morgan fingerprint density at radius 2 is 2.21 bits per heavy atom. The Labute approximate surface area is 115 Å². The number of benzene rings is 1. The van der Waals surface area contributed by atoms with Gasteiger partial charge in [0.05, 0.1) is 10.8 Å². The van der Waals surface area contributed by atoms with E-state index in [9.17, 15) is 9.59 Å². The molecular formula is C14H15NO3S. The molecule has 5 heteroatoms. The molecule has 2 heterocycles. The van der Waals surface area contributed by atoms with Crippen molar-refractivity contribution in [2.45, 2.75) is 24.5 Å². The highest BCUT2D eigenvalue weighted by molar-refractivity contribution is 8.00. The predicted molar refractivity (Wildman–Crippen MR) is 74.9 cm³/mol. The zero-order valence-corrected chi connectivity index (χ0v) is 11.3. The van der Waals surface area contributed by atoms with E-state index in [0.717, 1.165) is 36.3 Å². The molecule has 2 aliphatic heterocycles. The molecule has 0 aromatic heterocycles. The van der Waals surface area contributed by atoms with Crippen LogP contribution in [0.15, 0.2) is 18.2 Å². The maximum absolute atomic E-state index is 12.4. The minimum Gasteiger partial charge on any atom is -0.478 e. The number of hydrogen-bond acceptors (Lipinski definition) is 3. The lowest BCUT2D eigenvalue weighted by atomic mass is 10.1. The van der Waals surface area contributed by atoms with Crippen molar-refractivity contribution >= 4 is 29.3 Å². The van der Waals surface area contributed by atoms with Crippen molar-refractivity contribution in [2.75, 3.05) is 17.2 Å². The Morgan fingerprint density at radius 1 is 1.37 bits per heavy atom. The van der Waals surface area contributed by atoms with E-state index in [2.05, 4.69) is 0 Å². The van der Waals surface area contributed by atoms with Gasteiger partial charge in [-0.3, -0.25) is 4.79 Å². The largest absolute Gasteiger partial charge is 0.478 e. The molecule has 1 unspecified atom stereocenters. The first-order valence-electron chi connectivity index (χ1n) is 6.46. The zero-order valence-electron chi connectivity index (χ0n) is 10.5. The average molecular weight is 277 g/mol. The van der Waals surface area contributed by atoms with Crippen molar-refractivity contribution in [3.63, 3.8) is 0 Å². The van der Waals surface area contributed by atoms with Crippen LogP contribution in [-0.4, -0.2) is 34.5 Å². The maximum atomic E-state index is 12.4. The molecule has 0 saturated carbocycles. The summed E-state index contributed by atoms with van der Waals surface area (Å²) in [6, 6.07) is 5.03. The summed E-state index contributed by atoms with van der Waals surface area (Å²) in [5.41, 5.74) is 2.15. The van der Waals surface area contributed by atoms with E-state index in [1.165, 1.54) is 0 Å². The number of anilines is 1. The number of rotatable bonds is 2. The van der Waals surface area contributed by atoms with Crippen LogP contribution in [0, 0.1) is 0 Å². The van der Waals surface area contributed by atoms with Gasteiger partial charge in [-0.15, -0.1) is 11.8 Å². The maximum Gasteiger partial charge on any atom is 0.335 e. The molecule has 2 aliphatic rings. The van der Waals surface area contributed by atoms with Crippen LogP contribution in [0.4, 0.5) is 5.69 Å². The third kappa shape index (κ3) is 2.23. The topological polar surface area (TPSA) is 57.6 Å². The summed E-state index contributed by atoms with van der Waals surface area (Å²) in [5, 5.41) is 9.07. The van der Waals surface area contributed by atoms with Crippen molar-refractivity contribution in [2.24, 2.45) is 0 Å². The number of hydrogen-bond donors (Lipinski definition) is 1. The van der Waals surface area contributed by atoms with E-state index < -0.39 is 5.97 Å². The van der Waals surface area contributed by atoms with E-state index in [-0.39, 0.29) is 11.2 Å². The summed E-state index contributed by atoms with van der Waals surface area (Å²) in [7, 11) is 0. The van der Waals surface area contributed by atoms with Crippen LogP contribution in [-0.2, 0) is 11.2 Å². The molecule has 0 aliphatic carbocycles. The number of thioether (sulfide) groups is 1. The first-order chi connectivity index (χ1) is 9.16. The normalized spacial score (nSPS) is 21.5. The molecule has 0 spiro atoms. The van der Waals surface area contributed by atoms with E-state index in [0.29, 0.717) is 12.1 Å². The summed E-state index contributed by atoms with van der Waals surface area (Å²) in [6.45, 7) is 0.675. The smallest absolute Gasteiger partial charge is 0.335 e. The molecule has 1 saturated heterocycles. The molecule has 0 radical (unpaired) electrons. The molecule has 1 aromatic carbocycles. The molecule has 3 rings (SSSR count). The van der Waals surface area contributed by atoms with E-state index in [4.69, 9.17) is 5.11 Å². The molecule has 1 atom stereocenters. The number of carbonyl (C=O) groups is 2. The van der Waals surface area contributed by atoms with Crippen molar-refractivity contribution in [3.05, 3.63) is 29.3 Å². The summed E-state index contributed by atoms with van der Waals surface area (Å²) < 4.78 is 0. The zero-order chi connectivity index (χ0) is 13.4. The summed E-state index contributed by atoms with van der Waals surface area (Å²) in [4.78, 5) is 25.2. The Balaban J connectivity index is 1.85. The Kier molecular flexibility index (Phi) is 3.22. The van der Waals surface area contributed by atoms with Gasteiger partial charge in [-0.2, -0.15) is 0 Å². The second-order valence-corrected chi connectivity index (χ2v) is 6.20. The van der Waals surface area contributed by atoms with Crippen LogP contribution in [0.2, 0.25) is 0 Å². The second kappa shape index (κ2) is 4.89. The second-order valence-electron chi connectivity index (χ2n) is 4.89. The van der Waals surface area contributed by atoms with Gasteiger partial charge < -0.3 is 10.0 Å². The minimum atomic E-state index is -0.918. The van der Waals surface area contributed by atoms with Gasteiger partial charge in [0.2, 0.25) is 5.91 Å². The number of nitrogens with zero attached hydrogens (tertiary/aromatic N) is 1. The molecule has 1 N–H and O–H groups in total. The van der Waals surface area contributed by atoms with Crippen molar-refractivity contribution in [1.29, 1.82) is 0 Å². The number of carboxylic acid groups (broad SMARTS) is 1. The summed E-state index contributed by atoms with van der Waals surface area (Å²) >= 11 is 1.73. The van der Waals surface area contributed by atoms with Gasteiger partial charge in [-0.1, -0.05) is 0 Å². The molecule has 0 bridgehead atoms. The Hall–Kier alpha value is -1.49. The average Bonchev–Trinajstić information content (AvgIpc) is 3.06. The van der Waals surface area contributed by atoms with Crippen LogP contribution >= 0.6 is 11.8 Å². The lowest BCUT2D eigenvalue weighted by molar-refractivity contribution is -0.118. The molecule has 100 valence electrons. The van der Waals surface area contributed by atoms with E-state index >= 15 is 0 Å². The SMILES string of the molecule is O=C(O)c1ccc2c(c1)CCN2C(=O)C1CCCS1. The first kappa shape index (κ1) is 12.5. The van der Waals surface area contributed by atoms with Gasteiger partial charge in [-0.25, -0.2) is 4.79 Å². The van der Waals surface area contributed by atoms with E-state index in [1.807, 2.05) is 4.90 Å². The van der Waals surface area contributed by atoms with Crippen LogP contribution in [0.1, 0.15) is 28.8 Å². The van der Waals surface area contributed by atoms with Crippen molar-refractivity contribution < 1.29 is 14.7 Å². The molecule has 19 heavy (non-hydrogen) atoms. The highest BCUT2D eigenvalue weighted by atomic mass is 32.2. The lowest BCUT2D eigenvalue weighted by Crippen LogP contribution is -2.35. The molecular weight excluding hydrogens is 262 g/mol. The summed E-state index contributed by atoms with van der Waals surface area (Å²) in [5.74, 6) is 0.331. The Bertz CT molecular complexity index is 537. The number of amides is 1. The highest BCUT2D eigenvalue weighted by Crippen LogP contribution is 2.34. The van der Waals surface area contributed by atoms with E-state index in [1.54, 1.807) is 30.0 Å². The summed E-state index contributed by atoms with van der Waals surface area (Å²) in [6.07, 6.45) is 2.82. The fraction of sp³-hybridized carbons (Fsp3) is 0.429. The quantitative estimate of drug-likeness (QED) is 0.900. The van der Waals surface area contributed by atoms with Gasteiger partial charge in [-0.05, 0) is 48.8 Å². The third-order valence-electron chi connectivity index (χ3n) is 3.69. The van der Waals surface area contributed by atoms with Crippen LogP contribution in [0.3, 0.4) is 0 Å². The molecule has 1 amide bonds. The number of fused-ring (bicyclic) bond motifs is 1. The fourth-order valence-electron chi connectivity index (χ4n) is 2.71. The molecule has 1 fully saturated rings. The molecule has 1 aromatic rings. The van der Waals surface area contributed by atoms with Gasteiger partial charge >= 0.3 is 5.97 Å². The molecule has 4 nitrogen and oxygen atoms in total. The van der Waals surface area contributed by atoms with Gasteiger partial charge in [0.1, 0.15) is 0 Å².